The first kappa shape index (κ1) is 40.1. The number of hydrogen-bond donors (Lipinski definition) is 4. The maximum Gasteiger partial charge on any atom is 0.320 e. The van der Waals surface area contributed by atoms with Crippen LogP contribution in [0.2, 0.25) is 15.1 Å². The predicted molar refractivity (Wildman–Crippen MR) is 203 cm³/mol. The van der Waals surface area contributed by atoms with Crippen molar-refractivity contribution in [1.29, 1.82) is 5.26 Å². The molecule has 53 heavy (non-hydrogen) atoms. The number of ether oxygens (including phenoxy) is 3. The Balaban J connectivity index is 1.32. The summed E-state index contributed by atoms with van der Waals surface area (Å²) in [6.45, 7) is 2.10. The Morgan fingerprint density at radius 1 is 0.962 bits per heavy atom. The van der Waals surface area contributed by atoms with Gasteiger partial charge in [-0.25, -0.2) is 0 Å². The highest BCUT2D eigenvalue weighted by Gasteiger charge is 2.29. The van der Waals surface area contributed by atoms with Gasteiger partial charge in [0.1, 0.15) is 42.6 Å². The number of aromatic nitrogens is 1. The first-order valence-corrected chi connectivity index (χ1v) is 18.4. The Bertz CT molecular complexity index is 1910. The number of carboxylic acids is 1. The van der Waals surface area contributed by atoms with Crippen molar-refractivity contribution >= 4 is 40.8 Å². The van der Waals surface area contributed by atoms with Crippen LogP contribution in [0, 0.1) is 11.3 Å². The number of rotatable bonds is 18. The van der Waals surface area contributed by atoms with Crippen molar-refractivity contribution in [3.8, 4) is 34.4 Å². The number of aliphatic hydroxyl groups is 2. The number of benzene rings is 3. The quantitative estimate of drug-likeness (QED) is 0.0780. The Morgan fingerprint density at radius 2 is 1.74 bits per heavy atom. The van der Waals surface area contributed by atoms with Gasteiger partial charge < -0.3 is 34.8 Å². The second kappa shape index (κ2) is 19.8. The highest BCUT2D eigenvalue weighted by Crippen LogP contribution is 2.41. The van der Waals surface area contributed by atoms with Gasteiger partial charge in [0.2, 0.25) is 0 Å². The molecule has 280 valence electrons. The number of likely N-dealkylation sites (tertiary alicyclic amines) is 1. The van der Waals surface area contributed by atoms with Crippen LogP contribution in [0.4, 0.5) is 0 Å². The van der Waals surface area contributed by atoms with E-state index >= 15 is 0 Å². The molecule has 1 saturated heterocycles. The molecule has 2 atom stereocenters. The van der Waals surface area contributed by atoms with Crippen molar-refractivity contribution in [3.05, 3.63) is 104 Å². The molecule has 1 aromatic heterocycles. The van der Waals surface area contributed by atoms with Crippen molar-refractivity contribution in [2.45, 2.75) is 57.6 Å². The van der Waals surface area contributed by atoms with E-state index in [1.807, 2.05) is 35.2 Å². The second-order valence-electron chi connectivity index (χ2n) is 12.6. The van der Waals surface area contributed by atoms with Gasteiger partial charge in [0.15, 0.2) is 0 Å². The summed E-state index contributed by atoms with van der Waals surface area (Å²) in [5, 5.41) is 41.8. The first-order valence-electron chi connectivity index (χ1n) is 17.3. The number of carboxylic acid groups (broad SMARTS) is 1. The topological polar surface area (TPSA) is 157 Å². The lowest BCUT2D eigenvalue weighted by Crippen LogP contribution is -2.44. The summed E-state index contributed by atoms with van der Waals surface area (Å²) in [5.74, 6) is 0.450. The number of hydrogen-bond acceptors (Lipinski definition) is 10. The van der Waals surface area contributed by atoms with E-state index in [1.54, 1.807) is 30.5 Å². The minimum atomic E-state index is -0.863. The summed E-state index contributed by atoms with van der Waals surface area (Å²) in [6.07, 6.45) is 5.25. The number of aliphatic hydroxyl groups excluding tert-OH is 2. The summed E-state index contributed by atoms with van der Waals surface area (Å²) in [4.78, 5) is 18.1. The normalized spacial score (nSPS) is 15.1. The van der Waals surface area contributed by atoms with Crippen molar-refractivity contribution in [2.75, 3.05) is 32.8 Å². The molecule has 5 rings (SSSR count). The average Bonchev–Trinajstić information content (AvgIpc) is 3.16. The molecule has 0 saturated carbocycles. The molecule has 11 nitrogen and oxygen atoms in total. The third kappa shape index (κ3) is 11.0. The number of nitriles is 1. The number of carbonyl (C=O) groups is 1. The molecule has 4 N–H and O–H groups in total. The molecular formula is C39H41Cl3N4O7. The lowest BCUT2D eigenvalue weighted by atomic mass is 10.0. The fraction of sp³-hybridized carbons (Fsp3) is 0.359. The van der Waals surface area contributed by atoms with E-state index in [-0.39, 0.29) is 19.8 Å². The van der Waals surface area contributed by atoms with Gasteiger partial charge in [-0.05, 0) is 50.6 Å². The van der Waals surface area contributed by atoms with Crippen LogP contribution in [0.1, 0.15) is 47.9 Å². The van der Waals surface area contributed by atoms with Crippen LogP contribution in [0.5, 0.6) is 17.2 Å². The largest absolute Gasteiger partial charge is 0.492 e. The fourth-order valence-corrected chi connectivity index (χ4v) is 6.81. The van der Waals surface area contributed by atoms with Crippen LogP contribution in [0.25, 0.3) is 11.1 Å². The van der Waals surface area contributed by atoms with Crippen LogP contribution >= 0.6 is 34.8 Å². The minimum Gasteiger partial charge on any atom is -0.492 e. The number of pyridine rings is 1. The smallest absolute Gasteiger partial charge is 0.320 e. The maximum absolute atomic E-state index is 12.0. The highest BCUT2D eigenvalue weighted by atomic mass is 35.5. The fourth-order valence-electron chi connectivity index (χ4n) is 6.01. The van der Waals surface area contributed by atoms with Crippen LogP contribution in [0.3, 0.4) is 0 Å². The lowest BCUT2D eigenvalue weighted by molar-refractivity contribution is -0.144. The number of halogens is 3. The number of nitrogens with one attached hydrogen (secondary N) is 1. The lowest BCUT2D eigenvalue weighted by Gasteiger charge is -2.33. The first-order chi connectivity index (χ1) is 25.7. The molecule has 2 heterocycles. The molecule has 0 bridgehead atoms. The van der Waals surface area contributed by atoms with E-state index in [9.17, 15) is 20.3 Å². The van der Waals surface area contributed by atoms with Crippen LogP contribution in [-0.2, 0) is 24.6 Å². The minimum absolute atomic E-state index is 0.0678. The van der Waals surface area contributed by atoms with Gasteiger partial charge in [-0.1, -0.05) is 71.6 Å². The van der Waals surface area contributed by atoms with Gasteiger partial charge in [-0.15, -0.1) is 0 Å². The molecule has 3 aromatic carbocycles. The summed E-state index contributed by atoms with van der Waals surface area (Å²) < 4.78 is 18.4. The third-order valence-corrected chi connectivity index (χ3v) is 9.90. The Kier molecular flexibility index (Phi) is 15.0. The van der Waals surface area contributed by atoms with E-state index < -0.39 is 18.1 Å². The number of nitrogens with zero attached hydrogens (tertiary/aromatic N) is 3. The van der Waals surface area contributed by atoms with E-state index in [1.165, 1.54) is 6.20 Å². The van der Waals surface area contributed by atoms with Crippen LogP contribution in [-0.4, -0.2) is 76.2 Å². The van der Waals surface area contributed by atoms with E-state index in [0.717, 1.165) is 12.8 Å². The number of aliphatic carboxylic acids is 1. The summed E-state index contributed by atoms with van der Waals surface area (Å²) in [6, 6.07) is 17.6. The molecule has 0 aliphatic carbocycles. The molecule has 0 amide bonds. The average molecular weight is 784 g/mol. The third-order valence-electron chi connectivity index (χ3n) is 8.77. The van der Waals surface area contributed by atoms with E-state index in [4.69, 9.17) is 54.1 Å². The molecule has 0 radical (unpaired) electrons. The molecule has 2 unspecified atom stereocenters. The summed E-state index contributed by atoms with van der Waals surface area (Å²) in [7, 11) is 0. The summed E-state index contributed by atoms with van der Waals surface area (Å²) >= 11 is 20.5. The predicted octanol–water partition coefficient (Wildman–Crippen LogP) is 6.89. The standard InChI is InChI=1S/C39H41Cl3N4O7/c40-32-15-28(21-46-12-2-1-9-33(46)39(49)50)35(52-23-26-14-25(17-43)18-45-19-26)16-36(32)53-24-27-6-3-7-30(37(27)41)31-8-4-10-34(38(31)42)51-13-5-11-44-20-29(48)22-47/h3-4,6-8,10,14-16,18-19,29,33,44,47-48H,1-2,5,9,11-13,20-24H2,(H,49,50). The van der Waals surface area contributed by atoms with Crippen molar-refractivity contribution < 1.29 is 34.3 Å². The van der Waals surface area contributed by atoms with E-state index in [2.05, 4.69) is 16.4 Å². The van der Waals surface area contributed by atoms with Gasteiger partial charge in [0.25, 0.3) is 0 Å². The van der Waals surface area contributed by atoms with Gasteiger partial charge in [-0.3, -0.25) is 14.7 Å². The van der Waals surface area contributed by atoms with Gasteiger partial charge >= 0.3 is 5.97 Å². The van der Waals surface area contributed by atoms with Crippen molar-refractivity contribution in [1.82, 2.24) is 15.2 Å². The highest BCUT2D eigenvalue weighted by molar-refractivity contribution is 6.37. The van der Waals surface area contributed by atoms with E-state index in [0.29, 0.717) is 111 Å². The van der Waals surface area contributed by atoms with Crippen molar-refractivity contribution in [3.63, 3.8) is 0 Å². The Hall–Kier alpha value is -4.12. The molecule has 14 heteroatoms. The molecule has 0 spiro atoms. The zero-order valence-electron chi connectivity index (χ0n) is 28.9. The zero-order valence-corrected chi connectivity index (χ0v) is 31.2. The molecule has 1 fully saturated rings. The van der Waals surface area contributed by atoms with Gasteiger partial charge in [0, 0.05) is 59.4 Å². The van der Waals surface area contributed by atoms with Crippen LogP contribution < -0.4 is 19.5 Å². The van der Waals surface area contributed by atoms with Gasteiger partial charge in [0.05, 0.1) is 39.9 Å². The Labute approximate surface area is 323 Å². The zero-order chi connectivity index (χ0) is 37.7. The Morgan fingerprint density at radius 3 is 2.51 bits per heavy atom. The van der Waals surface area contributed by atoms with Gasteiger partial charge in [-0.2, -0.15) is 5.26 Å². The number of piperidine rings is 1. The molecule has 4 aromatic rings. The van der Waals surface area contributed by atoms with Crippen LogP contribution in [0.15, 0.2) is 67.0 Å². The molecule has 1 aliphatic rings. The maximum atomic E-state index is 12.0. The van der Waals surface area contributed by atoms with Crippen molar-refractivity contribution in [2.24, 2.45) is 0 Å². The second-order valence-corrected chi connectivity index (χ2v) is 13.8. The summed E-state index contributed by atoms with van der Waals surface area (Å²) in [5.41, 5.74) is 3.86. The SMILES string of the molecule is N#Cc1cncc(COc2cc(OCc3cccc(-c4cccc(OCCCNCC(O)CO)c4Cl)c3Cl)c(Cl)cc2CN2CCCCC2C(=O)O)c1. The molecular weight excluding hydrogens is 743 g/mol. The molecule has 1 aliphatic heterocycles. The monoisotopic (exact) mass is 782 g/mol.